The van der Waals surface area contributed by atoms with E-state index in [1.807, 2.05) is 86.6 Å². The Morgan fingerprint density at radius 3 is 2.33 bits per heavy atom. The molecule has 0 atom stereocenters. The number of carbonyl (C=O) groups is 1. The van der Waals surface area contributed by atoms with E-state index in [0.29, 0.717) is 18.5 Å². The minimum atomic E-state index is -3.59. The summed E-state index contributed by atoms with van der Waals surface area (Å²) in [6, 6.07) is 24.8. The van der Waals surface area contributed by atoms with Gasteiger partial charge in [0.2, 0.25) is 5.91 Å². The highest BCUT2D eigenvalue weighted by molar-refractivity contribution is 7.90. The summed E-state index contributed by atoms with van der Waals surface area (Å²) in [5.74, 6) is -0.129. The maximum absolute atomic E-state index is 13.3. The number of benzene rings is 3. The van der Waals surface area contributed by atoms with Crippen LogP contribution < -0.4 is 0 Å². The van der Waals surface area contributed by atoms with Gasteiger partial charge in [-0.05, 0) is 31.0 Å². The lowest BCUT2D eigenvalue weighted by Crippen LogP contribution is -2.33. The molecular formula is C27H28N2O3S. The van der Waals surface area contributed by atoms with Gasteiger partial charge < -0.3 is 9.47 Å². The molecule has 0 saturated heterocycles. The van der Waals surface area contributed by atoms with Crippen molar-refractivity contribution < 1.29 is 13.2 Å². The van der Waals surface area contributed by atoms with Gasteiger partial charge in [0.1, 0.15) is 6.54 Å². The van der Waals surface area contributed by atoms with Crippen molar-refractivity contribution >= 4 is 26.6 Å². The third-order valence-electron chi connectivity index (χ3n) is 5.78. The molecule has 1 amide bonds. The lowest BCUT2D eigenvalue weighted by atomic mass is 10.2. The van der Waals surface area contributed by atoms with Crippen LogP contribution in [-0.4, -0.2) is 30.3 Å². The third kappa shape index (κ3) is 5.17. The SMILES string of the molecule is CCN(Cc1ccccc1)C(=O)Cn1cc(S(=O)(=O)Cc2cccc(C)c2)c2ccccc21. The van der Waals surface area contributed by atoms with E-state index >= 15 is 0 Å². The van der Waals surface area contributed by atoms with Crippen molar-refractivity contribution in [1.82, 2.24) is 9.47 Å². The molecule has 0 fully saturated rings. The molecule has 170 valence electrons. The van der Waals surface area contributed by atoms with Crippen LogP contribution in [0, 0.1) is 6.92 Å². The van der Waals surface area contributed by atoms with E-state index in [0.717, 1.165) is 22.2 Å². The number of sulfone groups is 1. The van der Waals surface area contributed by atoms with Gasteiger partial charge in [0.25, 0.3) is 0 Å². The number of carbonyl (C=O) groups excluding carboxylic acids is 1. The largest absolute Gasteiger partial charge is 0.337 e. The van der Waals surface area contributed by atoms with Crippen LogP contribution in [0.25, 0.3) is 10.9 Å². The monoisotopic (exact) mass is 460 g/mol. The molecule has 0 aliphatic heterocycles. The smallest absolute Gasteiger partial charge is 0.242 e. The average molecular weight is 461 g/mol. The minimum absolute atomic E-state index is 0.0512. The Bertz CT molecular complexity index is 1380. The Morgan fingerprint density at radius 1 is 0.909 bits per heavy atom. The first-order chi connectivity index (χ1) is 15.9. The van der Waals surface area contributed by atoms with Crippen molar-refractivity contribution in [1.29, 1.82) is 0 Å². The number of likely N-dealkylation sites (N-methyl/N-ethyl adjacent to an activating group) is 1. The fraction of sp³-hybridized carbons (Fsp3) is 0.222. The van der Waals surface area contributed by atoms with Gasteiger partial charge in [-0.15, -0.1) is 0 Å². The number of hydrogen-bond donors (Lipinski definition) is 0. The Labute approximate surface area is 195 Å². The number of para-hydroxylation sites is 1. The Balaban J connectivity index is 1.63. The van der Waals surface area contributed by atoms with Crippen LogP contribution in [0.1, 0.15) is 23.6 Å². The standard InChI is InChI=1S/C27H28N2O3S/c1-3-28(17-22-11-5-4-6-12-22)27(30)19-29-18-26(24-14-7-8-15-25(24)29)33(31,32)20-23-13-9-10-21(2)16-23/h4-16,18H,3,17,19-20H2,1-2H3. The summed E-state index contributed by atoms with van der Waals surface area (Å²) in [6.45, 7) is 5.08. The van der Waals surface area contributed by atoms with E-state index in [1.165, 1.54) is 0 Å². The zero-order chi connectivity index (χ0) is 23.4. The second-order valence-corrected chi connectivity index (χ2v) is 10.2. The zero-order valence-corrected chi connectivity index (χ0v) is 19.8. The number of amides is 1. The van der Waals surface area contributed by atoms with Crippen LogP contribution in [0.3, 0.4) is 0 Å². The molecule has 33 heavy (non-hydrogen) atoms. The van der Waals surface area contributed by atoms with Gasteiger partial charge in [0, 0.05) is 30.2 Å². The highest BCUT2D eigenvalue weighted by atomic mass is 32.2. The lowest BCUT2D eigenvalue weighted by molar-refractivity contribution is -0.132. The van der Waals surface area contributed by atoms with Gasteiger partial charge in [-0.1, -0.05) is 78.4 Å². The van der Waals surface area contributed by atoms with E-state index < -0.39 is 9.84 Å². The first-order valence-electron chi connectivity index (χ1n) is 11.1. The van der Waals surface area contributed by atoms with Crippen molar-refractivity contribution in [2.75, 3.05) is 6.54 Å². The van der Waals surface area contributed by atoms with Crippen LogP contribution in [-0.2, 0) is 33.5 Å². The Kier molecular flexibility index (Phi) is 6.65. The molecule has 5 nitrogen and oxygen atoms in total. The maximum atomic E-state index is 13.3. The van der Waals surface area contributed by atoms with Gasteiger partial charge in [0.05, 0.1) is 10.6 Å². The van der Waals surface area contributed by atoms with E-state index in [1.54, 1.807) is 21.7 Å². The van der Waals surface area contributed by atoms with Gasteiger partial charge in [-0.25, -0.2) is 8.42 Å². The van der Waals surface area contributed by atoms with Crippen molar-refractivity contribution in [2.24, 2.45) is 0 Å². The highest BCUT2D eigenvalue weighted by Gasteiger charge is 2.23. The summed E-state index contributed by atoms with van der Waals surface area (Å²) in [4.78, 5) is 15.2. The molecule has 0 radical (unpaired) electrons. The van der Waals surface area contributed by atoms with Gasteiger partial charge in [-0.2, -0.15) is 0 Å². The van der Waals surface area contributed by atoms with Crippen molar-refractivity contribution in [3.63, 3.8) is 0 Å². The second kappa shape index (κ2) is 9.63. The van der Waals surface area contributed by atoms with E-state index in [4.69, 9.17) is 0 Å². The molecule has 4 aromatic rings. The predicted molar refractivity (Wildman–Crippen MR) is 132 cm³/mol. The van der Waals surface area contributed by atoms with Crippen LogP contribution in [0.2, 0.25) is 0 Å². The van der Waals surface area contributed by atoms with E-state index in [9.17, 15) is 13.2 Å². The van der Waals surface area contributed by atoms with E-state index in [-0.39, 0.29) is 23.1 Å². The van der Waals surface area contributed by atoms with E-state index in [2.05, 4.69) is 0 Å². The summed E-state index contributed by atoms with van der Waals surface area (Å²) in [6.07, 6.45) is 1.62. The van der Waals surface area contributed by atoms with Crippen molar-refractivity contribution in [2.45, 2.75) is 37.6 Å². The topological polar surface area (TPSA) is 59.4 Å². The van der Waals surface area contributed by atoms with Crippen molar-refractivity contribution in [3.05, 3.63) is 102 Å². The normalized spacial score (nSPS) is 11.6. The molecule has 0 saturated carbocycles. The summed E-state index contributed by atoms with van der Waals surface area (Å²) >= 11 is 0. The molecule has 3 aromatic carbocycles. The first kappa shape index (κ1) is 22.8. The zero-order valence-electron chi connectivity index (χ0n) is 18.9. The molecule has 0 spiro atoms. The van der Waals surface area contributed by atoms with Gasteiger partial charge in [-0.3, -0.25) is 4.79 Å². The molecule has 0 aliphatic carbocycles. The van der Waals surface area contributed by atoms with Crippen LogP contribution in [0.15, 0.2) is 90.0 Å². The fourth-order valence-corrected chi connectivity index (χ4v) is 5.69. The van der Waals surface area contributed by atoms with Crippen LogP contribution in [0.5, 0.6) is 0 Å². The number of hydrogen-bond acceptors (Lipinski definition) is 3. The number of rotatable bonds is 8. The van der Waals surface area contributed by atoms with Crippen LogP contribution in [0.4, 0.5) is 0 Å². The molecule has 0 unspecified atom stereocenters. The predicted octanol–water partition coefficient (Wildman–Crippen LogP) is 4.97. The van der Waals surface area contributed by atoms with Crippen molar-refractivity contribution in [3.8, 4) is 0 Å². The first-order valence-corrected chi connectivity index (χ1v) is 12.7. The third-order valence-corrected chi connectivity index (χ3v) is 7.49. The lowest BCUT2D eigenvalue weighted by Gasteiger charge is -2.21. The number of aryl methyl sites for hydroxylation is 1. The summed E-state index contributed by atoms with van der Waals surface area (Å²) in [5, 5.41) is 0.643. The van der Waals surface area contributed by atoms with Crippen LogP contribution >= 0.6 is 0 Å². The van der Waals surface area contributed by atoms with Gasteiger partial charge in [0.15, 0.2) is 9.84 Å². The number of nitrogens with zero attached hydrogens (tertiary/aromatic N) is 2. The molecule has 6 heteroatoms. The number of aromatic nitrogens is 1. The molecule has 0 N–H and O–H groups in total. The second-order valence-electron chi connectivity index (χ2n) is 8.28. The average Bonchev–Trinajstić information content (AvgIpc) is 3.17. The molecule has 0 aliphatic rings. The molecule has 4 rings (SSSR count). The van der Waals surface area contributed by atoms with Gasteiger partial charge >= 0.3 is 0 Å². The molecule has 1 heterocycles. The quantitative estimate of drug-likeness (QED) is 0.373. The Morgan fingerprint density at radius 2 is 1.61 bits per heavy atom. The molecular weight excluding hydrogens is 432 g/mol. The highest BCUT2D eigenvalue weighted by Crippen LogP contribution is 2.28. The summed E-state index contributed by atoms with van der Waals surface area (Å²) < 4.78 is 28.5. The molecule has 0 bridgehead atoms. The summed E-state index contributed by atoms with van der Waals surface area (Å²) in [5.41, 5.74) is 3.58. The fourth-order valence-electron chi connectivity index (χ4n) is 4.12. The maximum Gasteiger partial charge on any atom is 0.242 e. The Hall–Kier alpha value is -3.38. The number of fused-ring (bicyclic) bond motifs is 1. The molecule has 1 aromatic heterocycles. The minimum Gasteiger partial charge on any atom is -0.337 e. The summed E-state index contributed by atoms with van der Waals surface area (Å²) in [7, 11) is -3.59.